The zero-order valence-electron chi connectivity index (χ0n) is 19.7. The van der Waals surface area contributed by atoms with Gasteiger partial charge in [-0.2, -0.15) is 5.10 Å². The molecule has 2 amide bonds. The van der Waals surface area contributed by atoms with Gasteiger partial charge in [0.2, 0.25) is 0 Å². The number of anilines is 1. The van der Waals surface area contributed by atoms with Crippen molar-refractivity contribution in [2.75, 3.05) is 11.9 Å². The van der Waals surface area contributed by atoms with E-state index in [1.807, 2.05) is 0 Å². The Bertz CT molecular complexity index is 1380. The van der Waals surface area contributed by atoms with Gasteiger partial charge in [0, 0.05) is 24.2 Å². The second-order valence-corrected chi connectivity index (χ2v) is 10.9. The van der Waals surface area contributed by atoms with Crippen LogP contribution in [0.1, 0.15) is 59.4 Å². The van der Waals surface area contributed by atoms with E-state index in [-0.39, 0.29) is 22.8 Å². The van der Waals surface area contributed by atoms with Crippen LogP contribution in [0.4, 0.5) is 5.82 Å². The quantitative estimate of drug-likeness (QED) is 0.418. The van der Waals surface area contributed by atoms with Gasteiger partial charge in [-0.15, -0.1) is 9.24 Å². The van der Waals surface area contributed by atoms with E-state index in [0.29, 0.717) is 47.4 Å². The number of halogens is 1. The maximum absolute atomic E-state index is 13.2. The van der Waals surface area contributed by atoms with Crippen LogP contribution in [0.2, 0.25) is 5.02 Å². The van der Waals surface area contributed by atoms with Gasteiger partial charge in [-0.3, -0.25) is 19.1 Å². The number of carboxylic acid groups (broad SMARTS) is 1. The highest BCUT2D eigenvalue weighted by Crippen LogP contribution is 2.56. The molecule has 3 aliphatic carbocycles. The van der Waals surface area contributed by atoms with Crippen LogP contribution in [0.3, 0.4) is 0 Å². The monoisotopic (exact) mass is 528 g/mol. The zero-order chi connectivity index (χ0) is 25.7. The maximum Gasteiger partial charge on any atom is 0.309 e. The molecule has 2 aromatic heterocycles. The Labute approximate surface area is 214 Å². The molecule has 1 unspecified atom stereocenters. The van der Waals surface area contributed by atoms with Crippen molar-refractivity contribution in [3.8, 4) is 0 Å². The van der Waals surface area contributed by atoms with Crippen molar-refractivity contribution in [2.24, 2.45) is 17.9 Å². The van der Waals surface area contributed by atoms with Crippen LogP contribution in [0.5, 0.6) is 0 Å². The van der Waals surface area contributed by atoms with Gasteiger partial charge in [-0.1, -0.05) is 17.7 Å². The summed E-state index contributed by atoms with van der Waals surface area (Å²) in [6, 6.07) is 4.94. The summed E-state index contributed by atoms with van der Waals surface area (Å²) in [5.74, 6) is -1.26. The van der Waals surface area contributed by atoms with Crippen LogP contribution in [0.15, 0.2) is 24.5 Å². The predicted molar refractivity (Wildman–Crippen MR) is 138 cm³/mol. The van der Waals surface area contributed by atoms with Gasteiger partial charge in [-0.25, -0.2) is 9.97 Å². The molecule has 2 heterocycles. The smallest absolute Gasteiger partial charge is 0.309 e. The molecule has 0 saturated heterocycles. The number of rotatable bonds is 6. The lowest BCUT2D eigenvalue weighted by molar-refractivity contribution is -0.158. The first-order valence-electron chi connectivity index (χ1n) is 11.7. The number of carbonyl (C=O) groups excluding carboxylic acids is 2. The van der Waals surface area contributed by atoms with Crippen molar-refractivity contribution in [1.29, 1.82) is 0 Å². The highest BCUT2D eigenvalue weighted by atomic mass is 35.5. The number of carbonyl (C=O) groups is 3. The van der Waals surface area contributed by atoms with Crippen LogP contribution in [0.25, 0.3) is 11.0 Å². The maximum atomic E-state index is 13.2. The summed E-state index contributed by atoms with van der Waals surface area (Å²) in [7, 11) is 4.15. The Kier molecular flexibility index (Phi) is 6.21. The Balaban J connectivity index is 1.33. The van der Waals surface area contributed by atoms with Crippen molar-refractivity contribution in [3.05, 3.63) is 40.8 Å². The number of aromatic nitrogens is 4. The number of fused-ring (bicyclic) bond motifs is 4. The first-order valence-corrected chi connectivity index (χ1v) is 12.6. The van der Waals surface area contributed by atoms with E-state index in [4.69, 9.17) is 11.6 Å². The molecule has 0 spiro atoms. The van der Waals surface area contributed by atoms with Crippen LogP contribution in [0, 0.1) is 10.8 Å². The summed E-state index contributed by atoms with van der Waals surface area (Å²) in [5.41, 5.74) is 0.594. The Morgan fingerprint density at radius 2 is 1.81 bits per heavy atom. The van der Waals surface area contributed by atoms with Gasteiger partial charge in [0.05, 0.1) is 5.41 Å². The average Bonchev–Trinajstić information content (AvgIpc) is 3.20. The molecule has 0 radical (unpaired) electrons. The number of aryl methyl sites for hydroxylation is 1. The third-order valence-corrected chi connectivity index (χ3v) is 8.82. The van der Waals surface area contributed by atoms with Crippen molar-refractivity contribution in [2.45, 2.75) is 38.5 Å². The van der Waals surface area contributed by atoms with E-state index in [2.05, 4.69) is 34.9 Å². The highest BCUT2D eigenvalue weighted by molar-refractivity contribution is 7.28. The molecule has 6 rings (SSSR count). The standard InChI is InChI=1S/C24H26ClN6O4P/c1-31-18-16(19(30-31)29-20(32)13-2-3-15(36)14(25)10-13)27-12-28-17(18)21(33)26-11-23-4-7-24(8-5-23,9-6-23)22(34)35/h2-3,10,12H,4-9,11,36H2,1H3,(H,26,33)(H,34,35)(H,29,30,32). The molecule has 188 valence electrons. The first kappa shape index (κ1) is 24.6. The Morgan fingerprint density at radius 1 is 1.11 bits per heavy atom. The normalized spacial score (nSPS) is 23.0. The minimum atomic E-state index is -0.702. The fourth-order valence-corrected chi connectivity index (χ4v) is 5.77. The summed E-state index contributed by atoms with van der Waals surface area (Å²) in [4.78, 5) is 46.1. The van der Waals surface area contributed by atoms with Crippen molar-refractivity contribution < 1.29 is 19.5 Å². The molecule has 36 heavy (non-hydrogen) atoms. The molecule has 3 saturated carbocycles. The summed E-state index contributed by atoms with van der Waals surface area (Å²) < 4.78 is 1.47. The molecular formula is C24H26ClN6O4P. The highest BCUT2D eigenvalue weighted by Gasteiger charge is 2.52. The van der Waals surface area contributed by atoms with Gasteiger partial charge < -0.3 is 15.7 Å². The molecule has 3 fully saturated rings. The van der Waals surface area contributed by atoms with Gasteiger partial charge in [-0.05, 0) is 61.4 Å². The SMILES string of the molecule is Cn1nc(NC(=O)c2ccc(P)c(Cl)c2)c2ncnc(C(=O)NCC34CCC(C(=O)O)(CC3)CC4)c21. The summed E-state index contributed by atoms with van der Waals surface area (Å²) in [6.45, 7) is 0.459. The van der Waals surface area contributed by atoms with Gasteiger partial charge in [0.25, 0.3) is 11.8 Å². The second kappa shape index (κ2) is 9.09. The van der Waals surface area contributed by atoms with Crippen molar-refractivity contribution in [1.82, 2.24) is 25.1 Å². The molecular weight excluding hydrogens is 503 g/mol. The molecule has 10 nitrogen and oxygen atoms in total. The molecule has 3 aliphatic rings. The third kappa shape index (κ3) is 4.22. The van der Waals surface area contributed by atoms with E-state index in [1.54, 1.807) is 25.2 Å². The van der Waals surface area contributed by atoms with E-state index in [9.17, 15) is 19.5 Å². The van der Waals surface area contributed by atoms with Crippen LogP contribution < -0.4 is 15.9 Å². The number of hydrogen-bond acceptors (Lipinski definition) is 6. The predicted octanol–water partition coefficient (Wildman–Crippen LogP) is 2.92. The summed E-state index contributed by atoms with van der Waals surface area (Å²) in [5, 5.41) is 21.0. The van der Waals surface area contributed by atoms with E-state index >= 15 is 0 Å². The molecule has 1 atom stereocenters. The van der Waals surface area contributed by atoms with Crippen LogP contribution >= 0.6 is 20.8 Å². The lowest BCUT2D eigenvalue weighted by Crippen LogP contribution is -2.50. The number of nitrogens with one attached hydrogen (secondary N) is 2. The molecule has 2 bridgehead atoms. The number of aliphatic carboxylic acids is 1. The Morgan fingerprint density at radius 3 is 2.44 bits per heavy atom. The van der Waals surface area contributed by atoms with Crippen LogP contribution in [-0.2, 0) is 11.8 Å². The van der Waals surface area contributed by atoms with E-state index in [0.717, 1.165) is 24.6 Å². The van der Waals surface area contributed by atoms with E-state index < -0.39 is 17.3 Å². The first-order chi connectivity index (χ1) is 17.1. The number of benzene rings is 1. The molecule has 1 aromatic carbocycles. The largest absolute Gasteiger partial charge is 0.481 e. The summed E-state index contributed by atoms with van der Waals surface area (Å²) >= 11 is 6.13. The molecule has 12 heteroatoms. The fourth-order valence-electron chi connectivity index (χ4n) is 5.41. The number of amides is 2. The fraction of sp³-hybridized carbons (Fsp3) is 0.417. The third-order valence-electron chi connectivity index (χ3n) is 7.81. The van der Waals surface area contributed by atoms with Crippen molar-refractivity contribution >= 4 is 60.8 Å². The number of hydrogen-bond donors (Lipinski definition) is 3. The van der Waals surface area contributed by atoms with Gasteiger partial charge >= 0.3 is 5.97 Å². The Hall–Kier alpha value is -3.10. The van der Waals surface area contributed by atoms with Crippen LogP contribution in [-0.4, -0.2) is 49.2 Å². The number of carboxylic acids is 1. The zero-order valence-corrected chi connectivity index (χ0v) is 21.6. The topological polar surface area (TPSA) is 139 Å². The van der Waals surface area contributed by atoms with E-state index in [1.165, 1.54) is 11.0 Å². The second-order valence-electron chi connectivity index (χ2n) is 9.85. The summed E-state index contributed by atoms with van der Waals surface area (Å²) in [6.07, 6.45) is 5.55. The molecule has 3 aromatic rings. The minimum absolute atomic E-state index is 0.0849. The lowest BCUT2D eigenvalue weighted by atomic mass is 9.53. The van der Waals surface area contributed by atoms with Gasteiger partial charge in [0.1, 0.15) is 17.4 Å². The van der Waals surface area contributed by atoms with Crippen molar-refractivity contribution in [3.63, 3.8) is 0 Å². The lowest BCUT2D eigenvalue weighted by Gasteiger charge is -2.51. The molecule has 3 N–H and O–H groups in total. The number of nitrogens with zero attached hydrogens (tertiary/aromatic N) is 4. The minimum Gasteiger partial charge on any atom is -0.481 e. The average molecular weight is 529 g/mol. The molecule has 0 aliphatic heterocycles. The van der Waals surface area contributed by atoms with Gasteiger partial charge in [0.15, 0.2) is 11.5 Å².